The molecular weight excluding hydrogens is 266 g/mol. The molecule has 0 fully saturated rings. The van der Waals surface area contributed by atoms with Crippen molar-refractivity contribution in [3.63, 3.8) is 0 Å². The maximum absolute atomic E-state index is 6.36. The number of aryl methyl sites for hydroxylation is 1. The molecule has 1 aromatic heterocycles. The second kappa shape index (κ2) is 6.90. The van der Waals surface area contributed by atoms with Crippen LogP contribution >= 0.6 is 22.9 Å². The van der Waals surface area contributed by atoms with Crippen LogP contribution in [0.1, 0.15) is 50.1 Å². The molecule has 1 atom stereocenters. The van der Waals surface area contributed by atoms with Crippen LogP contribution in [0.5, 0.6) is 0 Å². The van der Waals surface area contributed by atoms with Crippen LogP contribution in [0.4, 0.5) is 0 Å². The SMILES string of the molecule is CCNC(CCC(C)(C)OC)c1scc(C)c1Cl. The highest BCUT2D eigenvalue weighted by Gasteiger charge is 2.22. The monoisotopic (exact) mass is 289 g/mol. The Morgan fingerprint density at radius 2 is 2.17 bits per heavy atom. The van der Waals surface area contributed by atoms with Crippen LogP contribution in [0.15, 0.2) is 5.38 Å². The molecule has 0 bridgehead atoms. The number of nitrogens with one attached hydrogen (secondary N) is 1. The third kappa shape index (κ3) is 4.23. The summed E-state index contributed by atoms with van der Waals surface area (Å²) in [5, 5.41) is 6.57. The summed E-state index contributed by atoms with van der Waals surface area (Å²) in [5.74, 6) is 0. The van der Waals surface area contributed by atoms with Crippen molar-refractivity contribution in [1.82, 2.24) is 5.32 Å². The van der Waals surface area contributed by atoms with Crippen molar-refractivity contribution in [2.75, 3.05) is 13.7 Å². The predicted molar refractivity (Wildman–Crippen MR) is 80.8 cm³/mol. The van der Waals surface area contributed by atoms with E-state index in [1.54, 1.807) is 18.4 Å². The first-order chi connectivity index (χ1) is 8.41. The van der Waals surface area contributed by atoms with Crippen molar-refractivity contribution < 1.29 is 4.74 Å². The lowest BCUT2D eigenvalue weighted by Crippen LogP contribution is -2.27. The average molecular weight is 290 g/mol. The number of hydrogen-bond acceptors (Lipinski definition) is 3. The Balaban J connectivity index is 2.74. The summed E-state index contributed by atoms with van der Waals surface area (Å²) in [6.45, 7) is 9.38. The summed E-state index contributed by atoms with van der Waals surface area (Å²) in [6, 6.07) is 0.329. The van der Waals surface area contributed by atoms with Gasteiger partial charge in [-0.3, -0.25) is 0 Å². The fourth-order valence-electron chi connectivity index (χ4n) is 1.85. The molecule has 0 radical (unpaired) electrons. The Hall–Kier alpha value is -0.0900. The van der Waals surface area contributed by atoms with Crippen molar-refractivity contribution in [1.29, 1.82) is 0 Å². The molecule has 2 nitrogen and oxygen atoms in total. The third-order valence-electron chi connectivity index (χ3n) is 3.28. The van der Waals surface area contributed by atoms with Crippen molar-refractivity contribution in [2.24, 2.45) is 0 Å². The second-order valence-electron chi connectivity index (χ2n) is 5.21. The summed E-state index contributed by atoms with van der Waals surface area (Å²) in [4.78, 5) is 1.25. The highest BCUT2D eigenvalue weighted by molar-refractivity contribution is 7.10. The predicted octanol–water partition coefficient (Wildman–Crippen LogP) is 4.57. The van der Waals surface area contributed by atoms with Gasteiger partial charge >= 0.3 is 0 Å². The molecule has 0 spiro atoms. The summed E-state index contributed by atoms with van der Waals surface area (Å²) in [5.41, 5.74) is 1.09. The quantitative estimate of drug-likeness (QED) is 0.794. The van der Waals surface area contributed by atoms with E-state index in [4.69, 9.17) is 16.3 Å². The molecule has 18 heavy (non-hydrogen) atoms. The number of rotatable bonds is 7. The van der Waals surface area contributed by atoms with Crippen LogP contribution in [0.2, 0.25) is 5.02 Å². The van der Waals surface area contributed by atoms with Crippen molar-refractivity contribution in [2.45, 2.75) is 52.2 Å². The number of methoxy groups -OCH3 is 1. The summed E-state index contributed by atoms with van der Waals surface area (Å²) in [7, 11) is 1.77. The van der Waals surface area contributed by atoms with Crippen LogP contribution in [0.3, 0.4) is 0 Å². The Kier molecular flexibility index (Phi) is 6.12. The fraction of sp³-hybridized carbons (Fsp3) is 0.714. The zero-order valence-corrected chi connectivity index (χ0v) is 13.5. The van der Waals surface area contributed by atoms with Crippen LogP contribution in [0, 0.1) is 6.92 Å². The van der Waals surface area contributed by atoms with Gasteiger partial charge in [-0.05, 0) is 51.1 Å². The van der Waals surface area contributed by atoms with Crippen molar-refractivity contribution in [3.05, 3.63) is 20.8 Å². The van der Waals surface area contributed by atoms with E-state index >= 15 is 0 Å². The van der Waals surface area contributed by atoms with E-state index in [9.17, 15) is 0 Å². The molecule has 1 rings (SSSR count). The Morgan fingerprint density at radius 3 is 2.61 bits per heavy atom. The van der Waals surface area contributed by atoms with Gasteiger partial charge in [-0.1, -0.05) is 18.5 Å². The van der Waals surface area contributed by atoms with Gasteiger partial charge in [-0.2, -0.15) is 0 Å². The van der Waals surface area contributed by atoms with E-state index in [2.05, 4.69) is 38.4 Å². The molecule has 104 valence electrons. The summed E-state index contributed by atoms with van der Waals surface area (Å²) in [6.07, 6.45) is 2.04. The van der Waals surface area contributed by atoms with Gasteiger partial charge in [0.15, 0.2) is 0 Å². The molecule has 1 heterocycles. The Morgan fingerprint density at radius 1 is 1.50 bits per heavy atom. The second-order valence-corrected chi connectivity index (χ2v) is 6.50. The van der Waals surface area contributed by atoms with Gasteiger partial charge in [0, 0.05) is 18.0 Å². The summed E-state index contributed by atoms with van der Waals surface area (Å²) < 4.78 is 5.48. The van der Waals surface area contributed by atoms with Gasteiger partial charge in [-0.15, -0.1) is 11.3 Å². The van der Waals surface area contributed by atoms with Crippen LogP contribution in [0.25, 0.3) is 0 Å². The highest BCUT2D eigenvalue weighted by atomic mass is 35.5. The molecule has 0 saturated heterocycles. The first-order valence-electron chi connectivity index (χ1n) is 6.43. The van der Waals surface area contributed by atoms with Crippen LogP contribution in [-0.2, 0) is 4.74 Å². The molecule has 1 aromatic rings. The minimum atomic E-state index is -0.0769. The first kappa shape index (κ1) is 16.0. The lowest BCUT2D eigenvalue weighted by atomic mass is 9.98. The first-order valence-corrected chi connectivity index (χ1v) is 7.69. The lowest BCUT2D eigenvalue weighted by molar-refractivity contribution is 0.0118. The van der Waals surface area contributed by atoms with E-state index in [-0.39, 0.29) is 5.60 Å². The smallest absolute Gasteiger partial charge is 0.0623 e. The summed E-state index contributed by atoms with van der Waals surface area (Å²) >= 11 is 8.11. The molecule has 1 unspecified atom stereocenters. The maximum atomic E-state index is 6.36. The molecule has 0 aromatic carbocycles. The zero-order valence-electron chi connectivity index (χ0n) is 12.0. The maximum Gasteiger partial charge on any atom is 0.0623 e. The molecule has 1 N–H and O–H groups in total. The number of thiophene rings is 1. The molecule has 0 aliphatic carbocycles. The molecule has 0 aliphatic rings. The Bertz CT molecular complexity index is 376. The van der Waals surface area contributed by atoms with Crippen molar-refractivity contribution in [3.8, 4) is 0 Å². The minimum absolute atomic E-state index is 0.0769. The van der Waals surface area contributed by atoms with Crippen LogP contribution in [-0.4, -0.2) is 19.3 Å². The zero-order chi connectivity index (χ0) is 13.8. The normalized spacial score (nSPS) is 13.9. The fourth-order valence-corrected chi connectivity index (χ4v) is 3.29. The van der Waals surface area contributed by atoms with Gasteiger partial charge in [0.05, 0.1) is 10.6 Å². The standard InChI is InChI=1S/C14H24ClNOS/c1-6-16-11(7-8-14(3,4)17-5)13-12(15)10(2)9-18-13/h9,11,16H,6-8H2,1-5H3. The third-order valence-corrected chi connectivity index (χ3v) is 5.11. The topological polar surface area (TPSA) is 21.3 Å². The minimum Gasteiger partial charge on any atom is -0.379 e. The van der Waals surface area contributed by atoms with Gasteiger partial charge in [0.1, 0.15) is 0 Å². The van der Waals surface area contributed by atoms with E-state index in [1.165, 1.54) is 10.4 Å². The number of ether oxygens (including phenoxy) is 1. The highest BCUT2D eigenvalue weighted by Crippen LogP contribution is 2.35. The van der Waals surface area contributed by atoms with E-state index in [0.717, 1.165) is 24.4 Å². The number of halogens is 1. The number of hydrogen-bond donors (Lipinski definition) is 1. The van der Waals surface area contributed by atoms with Crippen LogP contribution < -0.4 is 5.32 Å². The van der Waals surface area contributed by atoms with Gasteiger partial charge in [-0.25, -0.2) is 0 Å². The Labute approximate surface area is 120 Å². The molecule has 0 amide bonds. The van der Waals surface area contributed by atoms with Crippen molar-refractivity contribution >= 4 is 22.9 Å². The molecule has 4 heteroatoms. The van der Waals surface area contributed by atoms with Gasteiger partial charge in [0.25, 0.3) is 0 Å². The van der Waals surface area contributed by atoms with E-state index < -0.39 is 0 Å². The average Bonchev–Trinajstić information content (AvgIpc) is 2.66. The largest absolute Gasteiger partial charge is 0.379 e. The van der Waals surface area contributed by atoms with Gasteiger partial charge < -0.3 is 10.1 Å². The lowest BCUT2D eigenvalue weighted by Gasteiger charge is -2.26. The molecule has 0 aliphatic heterocycles. The molecule has 0 saturated carbocycles. The van der Waals surface area contributed by atoms with E-state index in [1.807, 2.05) is 0 Å². The molecular formula is C14H24ClNOS. The van der Waals surface area contributed by atoms with E-state index in [0.29, 0.717) is 6.04 Å². The van der Waals surface area contributed by atoms with Gasteiger partial charge in [0.2, 0.25) is 0 Å².